The minimum atomic E-state index is 0.665. The summed E-state index contributed by atoms with van der Waals surface area (Å²) in [5.74, 6) is 6.54. The Morgan fingerprint density at radius 2 is 1.27 bits per heavy atom. The summed E-state index contributed by atoms with van der Waals surface area (Å²) in [6.45, 7) is 0. The van der Waals surface area contributed by atoms with E-state index in [2.05, 4.69) is 66.4 Å². The molecule has 5 aromatic rings. The molecule has 0 aliphatic rings. The van der Waals surface area contributed by atoms with Crippen molar-refractivity contribution >= 4 is 38.6 Å². The molecular weight excluding hydrogens is 316 g/mol. The van der Waals surface area contributed by atoms with E-state index in [9.17, 15) is 4.79 Å². The van der Waals surface area contributed by atoms with Crippen LogP contribution in [0.4, 0.5) is 0 Å². The van der Waals surface area contributed by atoms with Crippen LogP contribution in [0.5, 0.6) is 0 Å². The van der Waals surface area contributed by atoms with Crippen LogP contribution >= 0.6 is 0 Å². The fourth-order valence-electron chi connectivity index (χ4n) is 3.63. The van der Waals surface area contributed by atoms with E-state index >= 15 is 0 Å². The molecule has 1 nitrogen and oxygen atoms in total. The average Bonchev–Trinajstić information content (AvgIpc) is 2.71. The second-order valence-corrected chi connectivity index (χ2v) is 6.46. The number of aldehydes is 1. The highest BCUT2D eigenvalue weighted by atomic mass is 16.1. The Bertz CT molecular complexity index is 1320. The number of hydrogen-bond donors (Lipinski definition) is 0. The van der Waals surface area contributed by atoms with Crippen LogP contribution in [0.15, 0.2) is 78.9 Å². The molecule has 0 saturated heterocycles. The Morgan fingerprint density at radius 1 is 0.615 bits per heavy atom. The van der Waals surface area contributed by atoms with Gasteiger partial charge in [-0.1, -0.05) is 72.5 Å². The van der Waals surface area contributed by atoms with Gasteiger partial charge in [0.2, 0.25) is 0 Å². The third-order valence-corrected chi connectivity index (χ3v) is 4.92. The van der Waals surface area contributed by atoms with Crippen LogP contribution in [-0.4, -0.2) is 6.29 Å². The number of carbonyl (C=O) groups is 1. The number of carbonyl (C=O) groups excluding carboxylic acids is 1. The zero-order valence-corrected chi connectivity index (χ0v) is 14.0. The van der Waals surface area contributed by atoms with Crippen LogP contribution in [0.1, 0.15) is 21.5 Å². The maximum atomic E-state index is 10.8. The molecule has 0 spiro atoms. The predicted octanol–water partition coefficient (Wildman–Crippen LogP) is 5.80. The summed E-state index contributed by atoms with van der Waals surface area (Å²) >= 11 is 0. The van der Waals surface area contributed by atoms with Gasteiger partial charge in [0.05, 0.1) is 0 Å². The van der Waals surface area contributed by atoms with Gasteiger partial charge in [-0.2, -0.15) is 0 Å². The Balaban J connectivity index is 1.73. The molecule has 120 valence electrons. The fourth-order valence-corrected chi connectivity index (χ4v) is 3.63. The van der Waals surface area contributed by atoms with E-state index < -0.39 is 0 Å². The van der Waals surface area contributed by atoms with Crippen molar-refractivity contribution in [3.8, 4) is 11.8 Å². The van der Waals surface area contributed by atoms with Crippen LogP contribution in [0, 0.1) is 11.8 Å². The van der Waals surface area contributed by atoms with Crippen molar-refractivity contribution in [3.05, 3.63) is 95.6 Å². The Kier molecular flexibility index (Phi) is 3.23. The lowest BCUT2D eigenvalue weighted by atomic mass is 9.92. The normalized spacial score (nSPS) is 10.9. The Hall–Kier alpha value is -3.63. The van der Waals surface area contributed by atoms with E-state index in [-0.39, 0.29) is 0 Å². The van der Waals surface area contributed by atoms with Crippen molar-refractivity contribution in [2.45, 2.75) is 0 Å². The second-order valence-electron chi connectivity index (χ2n) is 6.46. The lowest BCUT2D eigenvalue weighted by Gasteiger charge is -2.11. The van der Waals surface area contributed by atoms with Crippen LogP contribution in [0.25, 0.3) is 32.3 Å². The molecule has 0 aliphatic heterocycles. The van der Waals surface area contributed by atoms with Crippen LogP contribution in [0.2, 0.25) is 0 Å². The lowest BCUT2D eigenvalue weighted by molar-refractivity contribution is 0.112. The third kappa shape index (κ3) is 2.24. The van der Waals surface area contributed by atoms with E-state index in [1.807, 2.05) is 12.1 Å². The predicted molar refractivity (Wildman–Crippen MR) is 108 cm³/mol. The molecule has 0 unspecified atom stereocenters. The van der Waals surface area contributed by atoms with E-state index in [1.54, 1.807) is 12.1 Å². The molecule has 5 rings (SSSR count). The van der Waals surface area contributed by atoms with Crippen molar-refractivity contribution in [2.75, 3.05) is 0 Å². The molecule has 1 heteroatoms. The lowest BCUT2D eigenvalue weighted by Crippen LogP contribution is -1.87. The maximum Gasteiger partial charge on any atom is 0.150 e. The summed E-state index contributed by atoms with van der Waals surface area (Å²) in [7, 11) is 0. The molecule has 0 aromatic heterocycles. The van der Waals surface area contributed by atoms with E-state index in [0.29, 0.717) is 5.56 Å². The highest BCUT2D eigenvalue weighted by Crippen LogP contribution is 2.35. The monoisotopic (exact) mass is 330 g/mol. The first-order chi connectivity index (χ1) is 12.8. The summed E-state index contributed by atoms with van der Waals surface area (Å²) in [4.78, 5) is 10.8. The van der Waals surface area contributed by atoms with Gasteiger partial charge in [-0.3, -0.25) is 4.79 Å². The second kappa shape index (κ2) is 5.72. The molecule has 0 atom stereocenters. The summed E-state index contributed by atoms with van der Waals surface area (Å²) in [5.41, 5.74) is 2.59. The van der Waals surface area contributed by atoms with Gasteiger partial charge in [0.15, 0.2) is 0 Å². The molecular formula is C25H14O. The van der Waals surface area contributed by atoms with Crippen molar-refractivity contribution < 1.29 is 4.79 Å². The van der Waals surface area contributed by atoms with E-state index in [0.717, 1.165) is 17.4 Å². The van der Waals surface area contributed by atoms with Crippen LogP contribution < -0.4 is 0 Å². The van der Waals surface area contributed by atoms with Crippen LogP contribution in [-0.2, 0) is 0 Å². The highest BCUT2D eigenvalue weighted by molar-refractivity contribution is 6.23. The first-order valence-corrected chi connectivity index (χ1v) is 8.57. The standard InChI is InChI=1S/C25H14O/c26-16-18-6-4-17(5-7-18)8-9-19-10-11-22-13-12-20-2-1-3-21-14-15-23(19)25(22)24(20)21/h1-7,10-16H. The fraction of sp³-hybridized carbons (Fsp3) is 0. The SMILES string of the molecule is O=Cc1ccc(C#Cc2ccc3ccc4cccc5ccc2c3c45)cc1. The zero-order valence-electron chi connectivity index (χ0n) is 14.0. The summed E-state index contributed by atoms with van der Waals surface area (Å²) in [6.07, 6.45) is 0.845. The summed E-state index contributed by atoms with van der Waals surface area (Å²) < 4.78 is 0. The van der Waals surface area contributed by atoms with E-state index in [1.165, 1.54) is 32.3 Å². The minimum Gasteiger partial charge on any atom is -0.298 e. The molecule has 0 aliphatic carbocycles. The molecule has 0 fully saturated rings. The number of benzene rings is 5. The van der Waals surface area contributed by atoms with Crippen molar-refractivity contribution in [3.63, 3.8) is 0 Å². The van der Waals surface area contributed by atoms with Crippen molar-refractivity contribution in [2.24, 2.45) is 0 Å². The minimum absolute atomic E-state index is 0.665. The molecule has 0 heterocycles. The third-order valence-electron chi connectivity index (χ3n) is 4.92. The molecule has 0 saturated carbocycles. The van der Waals surface area contributed by atoms with Crippen molar-refractivity contribution in [1.82, 2.24) is 0 Å². The van der Waals surface area contributed by atoms with Gasteiger partial charge < -0.3 is 0 Å². The summed E-state index contributed by atoms with van der Waals surface area (Å²) in [6, 6.07) is 26.7. The van der Waals surface area contributed by atoms with Gasteiger partial charge in [-0.05, 0) is 50.5 Å². The van der Waals surface area contributed by atoms with Gasteiger partial charge in [-0.15, -0.1) is 0 Å². The largest absolute Gasteiger partial charge is 0.298 e. The van der Waals surface area contributed by atoms with Gasteiger partial charge >= 0.3 is 0 Å². The average molecular weight is 330 g/mol. The van der Waals surface area contributed by atoms with E-state index in [4.69, 9.17) is 0 Å². The first kappa shape index (κ1) is 14.7. The molecule has 5 aromatic carbocycles. The zero-order chi connectivity index (χ0) is 17.5. The van der Waals surface area contributed by atoms with Gasteiger partial charge in [0.25, 0.3) is 0 Å². The molecule has 0 radical (unpaired) electrons. The Morgan fingerprint density at radius 3 is 2.00 bits per heavy atom. The van der Waals surface area contributed by atoms with Crippen LogP contribution in [0.3, 0.4) is 0 Å². The molecule has 0 N–H and O–H groups in total. The van der Waals surface area contributed by atoms with Gasteiger partial charge in [0, 0.05) is 16.7 Å². The van der Waals surface area contributed by atoms with Gasteiger partial charge in [-0.25, -0.2) is 0 Å². The highest BCUT2D eigenvalue weighted by Gasteiger charge is 2.09. The maximum absolute atomic E-state index is 10.8. The summed E-state index contributed by atoms with van der Waals surface area (Å²) in [5, 5.41) is 7.53. The van der Waals surface area contributed by atoms with Crippen molar-refractivity contribution in [1.29, 1.82) is 0 Å². The number of rotatable bonds is 1. The first-order valence-electron chi connectivity index (χ1n) is 8.57. The quantitative estimate of drug-likeness (QED) is 0.216. The smallest absolute Gasteiger partial charge is 0.150 e. The molecule has 0 bridgehead atoms. The number of hydrogen-bond acceptors (Lipinski definition) is 1. The van der Waals surface area contributed by atoms with Gasteiger partial charge in [0.1, 0.15) is 6.29 Å². The molecule has 0 amide bonds. The topological polar surface area (TPSA) is 17.1 Å². The Labute approximate surface area is 151 Å². The molecule has 26 heavy (non-hydrogen) atoms.